The van der Waals surface area contributed by atoms with Crippen molar-refractivity contribution >= 4 is 34.3 Å². The summed E-state index contributed by atoms with van der Waals surface area (Å²) in [5.74, 6) is 0.946. The second-order valence-electron chi connectivity index (χ2n) is 10.1. The van der Waals surface area contributed by atoms with E-state index >= 15 is 0 Å². The van der Waals surface area contributed by atoms with Gasteiger partial charge >= 0.3 is 0 Å². The first-order chi connectivity index (χ1) is 16.4. The molecule has 3 aromatic rings. The Labute approximate surface area is 201 Å². The highest BCUT2D eigenvalue weighted by Crippen LogP contribution is 2.47. The van der Waals surface area contributed by atoms with Gasteiger partial charge in [-0.1, -0.05) is 13.8 Å². The molecule has 0 unspecified atom stereocenters. The average Bonchev–Trinajstić information content (AvgIpc) is 3.17. The predicted octanol–water partition coefficient (Wildman–Crippen LogP) is 3.82. The van der Waals surface area contributed by atoms with Crippen LogP contribution in [-0.2, 0) is 5.54 Å². The van der Waals surface area contributed by atoms with Gasteiger partial charge in [0.15, 0.2) is 0 Å². The number of carbonyl (C=O) groups is 1. The first-order valence-corrected chi connectivity index (χ1v) is 12.3. The van der Waals surface area contributed by atoms with E-state index in [-0.39, 0.29) is 11.4 Å². The van der Waals surface area contributed by atoms with Crippen LogP contribution in [0.2, 0.25) is 0 Å². The molecule has 5 rings (SSSR count). The first kappa shape index (κ1) is 22.7. The van der Waals surface area contributed by atoms with Gasteiger partial charge in [0.1, 0.15) is 11.3 Å². The van der Waals surface area contributed by atoms with Gasteiger partial charge < -0.3 is 25.0 Å². The zero-order valence-corrected chi connectivity index (χ0v) is 20.6. The third-order valence-corrected chi connectivity index (χ3v) is 7.51. The number of rotatable bonds is 6. The number of anilines is 3. The number of benzene rings is 1. The van der Waals surface area contributed by atoms with Gasteiger partial charge in [0.05, 0.1) is 0 Å². The number of nitrogens with one attached hydrogen (secondary N) is 2. The smallest absolute Gasteiger partial charge is 0.270 e. The quantitative estimate of drug-likeness (QED) is 0.581. The molecule has 1 aromatic carbocycles. The summed E-state index contributed by atoms with van der Waals surface area (Å²) in [6.07, 6.45) is 5.11. The summed E-state index contributed by atoms with van der Waals surface area (Å²) in [4.78, 5) is 26.6. The van der Waals surface area contributed by atoms with E-state index in [2.05, 4.69) is 63.2 Å². The molecule has 1 amide bonds. The van der Waals surface area contributed by atoms with Crippen molar-refractivity contribution in [3.63, 3.8) is 0 Å². The van der Waals surface area contributed by atoms with Gasteiger partial charge in [-0.2, -0.15) is 4.98 Å². The van der Waals surface area contributed by atoms with Crippen molar-refractivity contribution in [1.29, 1.82) is 0 Å². The summed E-state index contributed by atoms with van der Waals surface area (Å²) < 4.78 is 2.21. The Balaban J connectivity index is 1.49. The fourth-order valence-corrected chi connectivity index (χ4v) is 5.29. The number of nitrogens with zero attached hydrogens (tertiary/aromatic N) is 5. The number of amides is 1. The molecule has 3 heterocycles. The highest BCUT2D eigenvalue weighted by atomic mass is 16.2. The number of fused-ring (bicyclic) bond motifs is 1. The molecule has 0 spiro atoms. The van der Waals surface area contributed by atoms with Crippen LogP contribution < -0.4 is 15.5 Å². The first-order valence-electron chi connectivity index (χ1n) is 12.3. The molecule has 1 aliphatic carbocycles. The maximum Gasteiger partial charge on any atom is 0.270 e. The van der Waals surface area contributed by atoms with E-state index in [1.54, 1.807) is 19.0 Å². The Morgan fingerprint density at radius 1 is 1.15 bits per heavy atom. The van der Waals surface area contributed by atoms with E-state index in [4.69, 9.17) is 4.98 Å². The summed E-state index contributed by atoms with van der Waals surface area (Å²) >= 11 is 0. The number of aromatic nitrogens is 3. The molecule has 1 aliphatic heterocycles. The van der Waals surface area contributed by atoms with Gasteiger partial charge in [-0.15, -0.1) is 0 Å². The van der Waals surface area contributed by atoms with Crippen molar-refractivity contribution in [2.24, 2.45) is 5.92 Å². The van der Waals surface area contributed by atoms with Crippen LogP contribution in [-0.4, -0.2) is 65.6 Å². The van der Waals surface area contributed by atoms with Gasteiger partial charge in [-0.3, -0.25) is 4.79 Å². The summed E-state index contributed by atoms with van der Waals surface area (Å²) in [7, 11) is 3.60. The van der Waals surface area contributed by atoms with Crippen LogP contribution in [0.15, 0.2) is 36.5 Å². The molecule has 2 aromatic heterocycles. The maximum atomic E-state index is 13.1. The summed E-state index contributed by atoms with van der Waals surface area (Å²) in [5.41, 5.74) is 3.61. The van der Waals surface area contributed by atoms with Gasteiger partial charge in [0.25, 0.3) is 5.91 Å². The molecule has 0 radical (unpaired) electrons. The van der Waals surface area contributed by atoms with Gasteiger partial charge in [0.2, 0.25) is 5.95 Å². The maximum absolute atomic E-state index is 13.1. The Hall–Kier alpha value is -3.13. The summed E-state index contributed by atoms with van der Waals surface area (Å²) in [6.45, 7) is 8.57. The number of carbonyl (C=O) groups excluding carboxylic acids is 1. The van der Waals surface area contributed by atoms with Gasteiger partial charge in [-0.05, 0) is 55.5 Å². The van der Waals surface area contributed by atoms with E-state index in [0.29, 0.717) is 17.6 Å². The molecule has 2 aliphatic rings. The molecule has 8 nitrogen and oxygen atoms in total. The molecule has 2 N–H and O–H groups in total. The van der Waals surface area contributed by atoms with E-state index in [0.717, 1.165) is 55.7 Å². The molecular weight excluding hydrogens is 426 g/mol. The lowest BCUT2D eigenvalue weighted by Crippen LogP contribution is -2.47. The minimum atomic E-state index is -0.0840. The van der Waals surface area contributed by atoms with Crippen molar-refractivity contribution in [1.82, 2.24) is 24.8 Å². The second kappa shape index (κ2) is 8.91. The topological polar surface area (TPSA) is 78.3 Å². The number of hydrogen-bond donors (Lipinski definition) is 2. The molecule has 0 bridgehead atoms. The van der Waals surface area contributed by atoms with Crippen LogP contribution in [0.4, 0.5) is 17.3 Å². The third kappa shape index (κ3) is 3.90. The minimum Gasteiger partial charge on any atom is -0.369 e. The predicted molar refractivity (Wildman–Crippen MR) is 137 cm³/mol. The van der Waals surface area contributed by atoms with Crippen molar-refractivity contribution in [2.75, 3.05) is 50.5 Å². The molecule has 8 heteroatoms. The van der Waals surface area contributed by atoms with Crippen LogP contribution in [0.3, 0.4) is 0 Å². The molecule has 1 saturated carbocycles. The SMILES string of the molecule is CC(C)C1(n2c(C(=O)N(C)C)cc3cnc(Nc4ccc(N5CCNCC5)cc4)nc32)CCC1. The largest absolute Gasteiger partial charge is 0.369 e. The van der Waals surface area contributed by atoms with Gasteiger partial charge in [0, 0.05) is 68.8 Å². The number of piperazine rings is 1. The monoisotopic (exact) mass is 461 g/mol. The normalized spacial score (nSPS) is 17.6. The summed E-state index contributed by atoms with van der Waals surface area (Å²) in [6, 6.07) is 10.4. The van der Waals surface area contributed by atoms with Crippen LogP contribution in [0.1, 0.15) is 43.6 Å². The second-order valence-corrected chi connectivity index (χ2v) is 10.1. The van der Waals surface area contributed by atoms with Crippen molar-refractivity contribution < 1.29 is 4.79 Å². The minimum absolute atomic E-state index is 0.00272. The Morgan fingerprint density at radius 3 is 2.44 bits per heavy atom. The van der Waals surface area contributed by atoms with Crippen LogP contribution in [0.5, 0.6) is 0 Å². The Kier molecular flexibility index (Phi) is 5.93. The van der Waals surface area contributed by atoms with E-state index in [1.165, 1.54) is 12.1 Å². The van der Waals surface area contributed by atoms with E-state index in [1.807, 2.05) is 12.3 Å². The fraction of sp³-hybridized carbons (Fsp3) is 0.500. The molecule has 2 fully saturated rings. The zero-order chi connectivity index (χ0) is 23.9. The summed E-state index contributed by atoms with van der Waals surface area (Å²) in [5, 5.41) is 7.66. The lowest BCUT2D eigenvalue weighted by atomic mass is 9.69. The van der Waals surface area contributed by atoms with Crippen molar-refractivity contribution in [3.05, 3.63) is 42.2 Å². The van der Waals surface area contributed by atoms with Crippen LogP contribution in [0.25, 0.3) is 11.0 Å². The van der Waals surface area contributed by atoms with Crippen LogP contribution >= 0.6 is 0 Å². The van der Waals surface area contributed by atoms with Crippen LogP contribution in [0, 0.1) is 5.92 Å². The molecular formula is C26H35N7O. The zero-order valence-electron chi connectivity index (χ0n) is 20.6. The van der Waals surface area contributed by atoms with Gasteiger partial charge in [-0.25, -0.2) is 4.98 Å². The molecule has 0 atom stereocenters. The standard InChI is InChI=1S/C26H35N7O/c1-18(2)26(10-5-11-26)33-22(24(34)31(3)4)16-19-17-28-25(30-23(19)33)29-20-6-8-21(9-7-20)32-14-12-27-13-15-32/h6-9,16-18,27H,5,10-15H2,1-4H3,(H,28,29,30). The van der Waals surface area contributed by atoms with E-state index in [9.17, 15) is 4.79 Å². The Bertz CT molecular complexity index is 1170. The fourth-order valence-electron chi connectivity index (χ4n) is 5.29. The molecule has 1 saturated heterocycles. The molecule has 34 heavy (non-hydrogen) atoms. The lowest BCUT2D eigenvalue weighted by Gasteiger charge is -2.48. The number of hydrogen-bond acceptors (Lipinski definition) is 6. The Morgan fingerprint density at radius 2 is 1.85 bits per heavy atom. The molecule has 180 valence electrons. The lowest BCUT2D eigenvalue weighted by molar-refractivity contribution is 0.0679. The van der Waals surface area contributed by atoms with E-state index < -0.39 is 0 Å². The highest BCUT2D eigenvalue weighted by Gasteiger charge is 2.44. The third-order valence-electron chi connectivity index (χ3n) is 7.51. The average molecular weight is 462 g/mol. The highest BCUT2D eigenvalue weighted by molar-refractivity contribution is 5.98. The van der Waals surface area contributed by atoms with Crippen molar-refractivity contribution in [2.45, 2.75) is 38.6 Å². The van der Waals surface area contributed by atoms with Crippen molar-refractivity contribution in [3.8, 4) is 0 Å².